The number of hydrogen-bond acceptors (Lipinski definition) is 17. The molecule has 6 aromatic carbocycles. The molecule has 0 bridgehead atoms. The average Bonchev–Trinajstić information content (AvgIpc) is 1.68. The Morgan fingerprint density at radius 3 is 1.11 bits per heavy atom. The average molecular weight is 1420 g/mol. The summed E-state index contributed by atoms with van der Waals surface area (Å²) in [5, 5.41) is 16.9. The molecular weight excluding hydrogens is 1360 g/mol. The van der Waals surface area contributed by atoms with E-state index in [4.69, 9.17) is 55.7 Å². The molecule has 97 heavy (non-hydrogen) atoms. The van der Waals surface area contributed by atoms with Crippen LogP contribution >= 0.6 is 15.9 Å². The highest BCUT2D eigenvalue weighted by Gasteiger charge is 2.62. The molecule has 9 aliphatic heterocycles. The molecule has 0 saturated carbocycles. The van der Waals surface area contributed by atoms with E-state index in [1.165, 1.54) is 53.1 Å². The van der Waals surface area contributed by atoms with E-state index in [0.717, 1.165) is 54.5 Å². The highest BCUT2D eigenvalue weighted by Crippen LogP contribution is 2.55. The number of rotatable bonds is 3. The molecule has 6 atom stereocenters. The van der Waals surface area contributed by atoms with Crippen LogP contribution in [-0.4, -0.2) is 145 Å². The van der Waals surface area contributed by atoms with Gasteiger partial charge in [-0.1, -0.05) is 28.1 Å². The van der Waals surface area contributed by atoms with Gasteiger partial charge in [-0.15, -0.1) is 0 Å². The number of hydrogen-bond donors (Lipinski definition) is 5. The first kappa shape index (κ1) is 68.2. The van der Waals surface area contributed by atoms with Gasteiger partial charge in [0.2, 0.25) is 0 Å². The Labute approximate surface area is 557 Å². The first-order chi connectivity index (χ1) is 46.0. The molecule has 15 rings (SSSR count). The Bertz CT molecular complexity index is 4130. The lowest BCUT2D eigenvalue weighted by Crippen LogP contribution is -2.55. The van der Waals surface area contributed by atoms with E-state index < -0.39 is 98.4 Å². The summed E-state index contributed by atoms with van der Waals surface area (Å²) < 4.78 is 158. The van der Waals surface area contributed by atoms with Crippen LogP contribution < -0.4 is 36.9 Å². The van der Waals surface area contributed by atoms with Crippen molar-refractivity contribution < 1.29 is 92.4 Å². The SMILES string of the molecule is CN1C(=O)C2(CC3(CCCOC3)Oc3ccc(Br)cc32)N=C1N.CN1C(=O)[C@@]2(C[C@@]3(CCCOC3)Oc3ccc(-c4cc(F)cc(F)c4F)cc32)N=C1N.CN1C(=O)[C@@]2(C[C@]3(CCCOC3)Oc3ccc(-c4cc(F)cc(F)c4F)cc32)N=C1N.OB(O)c1cc(F)cc(F)c1F. The maximum Gasteiger partial charge on any atom is 0.491 e. The number of halogens is 10. The van der Waals surface area contributed by atoms with Crippen molar-refractivity contribution in [3.63, 3.8) is 0 Å². The van der Waals surface area contributed by atoms with Crippen molar-refractivity contribution >= 4 is 64.1 Å². The van der Waals surface area contributed by atoms with Crippen molar-refractivity contribution in [3.05, 3.63) is 165 Å². The number of nitrogens with zero attached hydrogens (tertiary/aromatic N) is 6. The van der Waals surface area contributed by atoms with Crippen molar-refractivity contribution in [2.75, 3.05) is 60.8 Å². The first-order valence-corrected chi connectivity index (χ1v) is 31.4. The molecule has 6 spiro atoms. The van der Waals surface area contributed by atoms with E-state index in [9.17, 15) is 53.9 Å². The van der Waals surface area contributed by atoms with Crippen LogP contribution in [0.2, 0.25) is 0 Å². The van der Waals surface area contributed by atoms with E-state index in [1.807, 2.05) is 18.2 Å². The maximum absolute atomic E-state index is 14.4. The smallest absolute Gasteiger partial charge is 0.484 e. The van der Waals surface area contributed by atoms with Gasteiger partial charge in [0.05, 0.1) is 19.8 Å². The van der Waals surface area contributed by atoms with Crippen molar-refractivity contribution in [1.29, 1.82) is 0 Å². The summed E-state index contributed by atoms with van der Waals surface area (Å²) in [7, 11) is 2.50. The molecule has 31 heteroatoms. The van der Waals surface area contributed by atoms with Crippen LogP contribution in [-0.2, 0) is 45.2 Å². The highest BCUT2D eigenvalue weighted by molar-refractivity contribution is 9.10. The Hall–Kier alpha value is -8.75. The predicted molar refractivity (Wildman–Crippen MR) is 336 cm³/mol. The largest absolute Gasteiger partial charge is 0.491 e. The lowest BCUT2D eigenvalue weighted by atomic mass is 9.74. The van der Waals surface area contributed by atoms with E-state index >= 15 is 0 Å². The van der Waals surface area contributed by atoms with E-state index in [0.29, 0.717) is 105 Å². The summed E-state index contributed by atoms with van der Waals surface area (Å²) in [5.41, 5.74) is 12.7. The summed E-state index contributed by atoms with van der Waals surface area (Å²) >= 11 is 3.47. The highest BCUT2D eigenvalue weighted by atomic mass is 79.9. The Kier molecular flexibility index (Phi) is 18.0. The minimum Gasteiger partial charge on any atom is -0.484 e. The Morgan fingerprint density at radius 2 is 0.794 bits per heavy atom. The first-order valence-electron chi connectivity index (χ1n) is 30.6. The predicted octanol–water partition coefficient (Wildman–Crippen LogP) is 7.72. The quantitative estimate of drug-likeness (QED) is 0.0645. The Morgan fingerprint density at radius 1 is 0.464 bits per heavy atom. The van der Waals surface area contributed by atoms with Crippen molar-refractivity contribution in [3.8, 4) is 39.5 Å². The summed E-state index contributed by atoms with van der Waals surface area (Å²) in [6.45, 7) is 3.00. The molecule has 510 valence electrons. The molecule has 3 fully saturated rings. The number of carbonyl (C=O) groups excluding carboxylic acids is 3. The number of likely N-dealkylation sites (N-methyl/N-ethyl adjacent to an activating group) is 3. The van der Waals surface area contributed by atoms with Crippen LogP contribution in [0, 0.1) is 52.4 Å². The number of amides is 3. The standard InChI is InChI=1S/2C22H20F3N3O3.C16H18BrN3O3.C6H4BF3O2/c2*1-28-19(29)22(27-20(28)26)10-21(5-2-6-30-11-21)31-17-4-3-12(7-15(17)22)14-8-13(23)9-16(24)18(14)25;1-20-13(21)16(19-14(20)18)8-15(5-2-6-22-9-15)23-12-4-3-10(17)7-11(12)16;8-3-1-4(7(11)12)6(10)5(9)2-3/h2*3-4,7-9H,2,5-6,10-11H2,1H3,(H2,26,27);3-4,7H,2,5-6,8-9H2,1H3,(H2,18,19);1-2,11-12H/t21-,22+;21-,22-;;/m10../s1. The lowest BCUT2D eigenvalue weighted by molar-refractivity contribution is -0.139. The van der Waals surface area contributed by atoms with Gasteiger partial charge in [-0.2, -0.15) is 0 Å². The fraction of sp³-hybridized carbons (Fsp3) is 0.364. The van der Waals surface area contributed by atoms with Crippen LogP contribution in [0.15, 0.2) is 110 Å². The minimum absolute atomic E-state index is 0.0538. The molecule has 9 heterocycles. The molecule has 20 nitrogen and oxygen atoms in total. The molecule has 8 N–H and O–H groups in total. The monoisotopic (exact) mass is 1420 g/mol. The van der Waals surface area contributed by atoms with Gasteiger partial charge in [-0.25, -0.2) is 54.5 Å². The van der Waals surface area contributed by atoms with Gasteiger partial charge in [0, 0.05) is 116 Å². The number of aliphatic imine (C=N–C) groups is 3. The van der Waals surface area contributed by atoms with Crippen molar-refractivity contribution in [1.82, 2.24) is 14.7 Å². The van der Waals surface area contributed by atoms with Gasteiger partial charge in [-0.3, -0.25) is 29.1 Å². The third-order valence-electron chi connectivity index (χ3n) is 18.6. The number of guanidine groups is 3. The number of fused-ring (bicyclic) bond motifs is 6. The molecule has 0 aromatic heterocycles. The molecule has 3 amide bonds. The van der Waals surface area contributed by atoms with Gasteiger partial charge in [0.1, 0.15) is 51.5 Å². The summed E-state index contributed by atoms with van der Waals surface area (Å²) in [4.78, 5) is 57.3. The fourth-order valence-electron chi connectivity index (χ4n) is 14.0. The zero-order valence-corrected chi connectivity index (χ0v) is 53.7. The summed E-state index contributed by atoms with van der Waals surface area (Å²) in [6, 6.07) is 18.5. The van der Waals surface area contributed by atoms with Crippen molar-refractivity contribution in [2.24, 2.45) is 32.2 Å². The summed E-state index contributed by atoms with van der Waals surface area (Å²) in [6.07, 6.45) is 5.47. The zero-order valence-electron chi connectivity index (χ0n) is 52.1. The second kappa shape index (κ2) is 25.6. The van der Waals surface area contributed by atoms with Gasteiger partial charge in [0.25, 0.3) is 17.7 Å². The molecule has 3 saturated heterocycles. The third kappa shape index (κ3) is 12.2. The molecular formula is C66H62BBrF9N9O11. The van der Waals surface area contributed by atoms with E-state index in [-0.39, 0.29) is 70.7 Å². The minimum atomic E-state index is -2.21. The molecule has 6 aromatic rings. The summed E-state index contributed by atoms with van der Waals surface area (Å²) in [5.74, 6) is -9.71. The third-order valence-corrected chi connectivity index (χ3v) is 19.1. The second-order valence-corrected chi connectivity index (χ2v) is 26.1. The molecule has 0 aliphatic carbocycles. The molecule has 0 radical (unpaired) electrons. The lowest BCUT2D eigenvalue weighted by Gasteiger charge is -2.46. The number of benzene rings is 6. The number of nitrogens with two attached hydrogens (primary N) is 3. The maximum atomic E-state index is 14.4. The Balaban J connectivity index is 0.000000129. The van der Waals surface area contributed by atoms with Crippen LogP contribution in [0.3, 0.4) is 0 Å². The zero-order chi connectivity index (χ0) is 69.5. The van der Waals surface area contributed by atoms with Gasteiger partial charge >= 0.3 is 7.12 Å². The van der Waals surface area contributed by atoms with Crippen LogP contribution in [0.5, 0.6) is 17.2 Å². The normalized spacial score (nSPS) is 26.6. The number of carbonyl (C=O) groups is 3. The van der Waals surface area contributed by atoms with E-state index in [1.54, 1.807) is 19.2 Å². The van der Waals surface area contributed by atoms with Crippen LogP contribution in [0.1, 0.15) is 74.5 Å². The molecule has 2 unspecified atom stereocenters. The second-order valence-electron chi connectivity index (χ2n) is 25.2. The fourth-order valence-corrected chi connectivity index (χ4v) is 14.4. The molecule has 9 aliphatic rings. The van der Waals surface area contributed by atoms with E-state index in [2.05, 4.69) is 30.9 Å². The topological polar surface area (TPSA) is 272 Å². The van der Waals surface area contributed by atoms with Crippen LogP contribution in [0.4, 0.5) is 39.5 Å². The van der Waals surface area contributed by atoms with Gasteiger partial charge < -0.3 is 55.7 Å². The van der Waals surface area contributed by atoms with Gasteiger partial charge in [0.15, 0.2) is 69.4 Å². The van der Waals surface area contributed by atoms with Crippen molar-refractivity contribution in [2.45, 2.75) is 91.2 Å². The number of ether oxygens (including phenoxy) is 6. The van der Waals surface area contributed by atoms with Gasteiger partial charge in [-0.05, 0) is 110 Å². The van der Waals surface area contributed by atoms with Crippen LogP contribution in [0.25, 0.3) is 22.3 Å².